The number of nitrogens with zero attached hydrogens (tertiary/aromatic N) is 1. The van der Waals surface area contributed by atoms with Gasteiger partial charge in [0.2, 0.25) is 0 Å². The highest BCUT2D eigenvalue weighted by Gasteiger charge is 1.97. The summed E-state index contributed by atoms with van der Waals surface area (Å²) in [5.74, 6) is 0. The van der Waals surface area contributed by atoms with Gasteiger partial charge in [-0.25, -0.2) is 4.85 Å². The quantitative estimate of drug-likeness (QED) is 0.566. The minimum Gasteiger partial charge on any atom is -0.359 e. The van der Waals surface area contributed by atoms with E-state index >= 15 is 0 Å². The first kappa shape index (κ1) is 6.93. The van der Waals surface area contributed by atoms with E-state index in [-0.39, 0.29) is 0 Å². The Hall–Kier alpha value is -1.75. The van der Waals surface area contributed by atoms with Crippen LogP contribution < -0.4 is 0 Å². The number of fused-ring (bicyclic) bond motifs is 1. The molecule has 12 heavy (non-hydrogen) atoms. The zero-order valence-corrected chi connectivity index (χ0v) is 6.76. The highest BCUT2D eigenvalue weighted by atomic mass is 14.7. The van der Waals surface area contributed by atoms with Gasteiger partial charge in [-0.2, -0.15) is 0 Å². The third-order valence-corrected chi connectivity index (χ3v) is 1.87. The number of hydrogen-bond donors (Lipinski definition) is 1. The summed E-state index contributed by atoms with van der Waals surface area (Å²) < 4.78 is 0. The minimum absolute atomic E-state index is 0.696. The second kappa shape index (κ2) is 2.38. The molecule has 1 N–H and O–H groups in total. The SMILES string of the molecule is [C-]#[N+]c1ccc2[nH]c(C)cc2c1. The van der Waals surface area contributed by atoms with Crippen LogP contribution in [0.5, 0.6) is 0 Å². The largest absolute Gasteiger partial charge is 0.359 e. The molecule has 2 rings (SSSR count). The second-order valence-electron chi connectivity index (χ2n) is 2.84. The third-order valence-electron chi connectivity index (χ3n) is 1.87. The van der Waals surface area contributed by atoms with E-state index in [4.69, 9.17) is 6.57 Å². The molecule has 1 aromatic heterocycles. The van der Waals surface area contributed by atoms with Crippen molar-refractivity contribution < 1.29 is 0 Å². The molecule has 1 aromatic carbocycles. The Labute approximate surface area is 70.7 Å². The van der Waals surface area contributed by atoms with E-state index in [0.717, 1.165) is 16.6 Å². The first-order valence-electron chi connectivity index (χ1n) is 3.76. The average molecular weight is 156 g/mol. The molecule has 0 aliphatic carbocycles. The molecule has 1 heterocycles. The number of aromatic nitrogens is 1. The normalized spacial score (nSPS) is 10.0. The van der Waals surface area contributed by atoms with Crippen LogP contribution in [0.4, 0.5) is 5.69 Å². The number of nitrogens with one attached hydrogen (secondary N) is 1. The highest BCUT2D eigenvalue weighted by Crippen LogP contribution is 2.21. The molecular formula is C10H8N2. The topological polar surface area (TPSA) is 20.1 Å². The Balaban J connectivity index is 2.77. The van der Waals surface area contributed by atoms with Gasteiger partial charge in [-0.3, -0.25) is 0 Å². The van der Waals surface area contributed by atoms with Gasteiger partial charge in [-0.15, -0.1) is 0 Å². The molecule has 0 unspecified atom stereocenters. The molecule has 0 aliphatic heterocycles. The van der Waals surface area contributed by atoms with Gasteiger partial charge in [-0.1, -0.05) is 6.07 Å². The number of aromatic amines is 1. The number of H-pyrrole nitrogens is 1. The Morgan fingerprint density at radius 1 is 1.33 bits per heavy atom. The average Bonchev–Trinajstić information content (AvgIpc) is 2.43. The minimum atomic E-state index is 0.696. The molecule has 0 saturated heterocycles. The van der Waals surface area contributed by atoms with E-state index in [0.29, 0.717) is 5.69 Å². The van der Waals surface area contributed by atoms with E-state index in [9.17, 15) is 0 Å². The smallest absolute Gasteiger partial charge is 0.187 e. The molecule has 0 amide bonds. The van der Waals surface area contributed by atoms with Crippen LogP contribution in [0.15, 0.2) is 24.3 Å². The first-order chi connectivity index (χ1) is 5.79. The van der Waals surface area contributed by atoms with E-state index in [2.05, 4.69) is 9.83 Å². The maximum absolute atomic E-state index is 6.84. The number of benzene rings is 1. The van der Waals surface area contributed by atoms with E-state index in [1.165, 1.54) is 0 Å². The fraction of sp³-hybridized carbons (Fsp3) is 0.100. The van der Waals surface area contributed by atoms with Gasteiger partial charge >= 0.3 is 0 Å². The monoisotopic (exact) mass is 156 g/mol. The summed E-state index contributed by atoms with van der Waals surface area (Å²) in [6.45, 7) is 8.85. The van der Waals surface area contributed by atoms with Gasteiger partial charge in [0.05, 0.1) is 6.57 Å². The van der Waals surface area contributed by atoms with Crippen molar-refractivity contribution in [2.24, 2.45) is 0 Å². The van der Waals surface area contributed by atoms with E-state index < -0.39 is 0 Å². The number of aryl methyl sites for hydroxylation is 1. The summed E-state index contributed by atoms with van der Waals surface area (Å²) in [5.41, 5.74) is 2.92. The van der Waals surface area contributed by atoms with Crippen molar-refractivity contribution in [1.29, 1.82) is 0 Å². The van der Waals surface area contributed by atoms with Gasteiger partial charge in [0.15, 0.2) is 5.69 Å². The van der Waals surface area contributed by atoms with E-state index in [1.54, 1.807) is 0 Å². The fourth-order valence-electron chi connectivity index (χ4n) is 1.33. The molecule has 0 saturated carbocycles. The standard InChI is InChI=1S/C10H8N2/c1-7-5-8-6-9(11-2)3-4-10(8)12-7/h3-6,12H,1H3. The van der Waals surface area contributed by atoms with Crippen LogP contribution in [0.3, 0.4) is 0 Å². The predicted molar refractivity (Wildman–Crippen MR) is 49.3 cm³/mol. The molecule has 2 nitrogen and oxygen atoms in total. The molecule has 0 aliphatic rings. The van der Waals surface area contributed by atoms with Crippen LogP contribution in [0.2, 0.25) is 0 Å². The van der Waals surface area contributed by atoms with Crippen molar-refractivity contribution in [1.82, 2.24) is 4.98 Å². The van der Waals surface area contributed by atoms with Crippen LogP contribution in [-0.4, -0.2) is 4.98 Å². The molecule has 0 fully saturated rings. The van der Waals surface area contributed by atoms with Crippen molar-refractivity contribution >= 4 is 16.6 Å². The molecule has 0 spiro atoms. The zero-order valence-electron chi connectivity index (χ0n) is 6.76. The summed E-state index contributed by atoms with van der Waals surface area (Å²) >= 11 is 0. The zero-order chi connectivity index (χ0) is 8.55. The molecule has 2 aromatic rings. The maximum atomic E-state index is 6.84. The van der Waals surface area contributed by atoms with Crippen LogP contribution in [-0.2, 0) is 0 Å². The predicted octanol–water partition coefficient (Wildman–Crippen LogP) is 3.03. The lowest BCUT2D eigenvalue weighted by molar-refractivity contribution is 1.30. The summed E-state index contributed by atoms with van der Waals surface area (Å²) in [6.07, 6.45) is 0. The molecule has 58 valence electrons. The molecule has 0 bridgehead atoms. The van der Waals surface area contributed by atoms with Crippen LogP contribution >= 0.6 is 0 Å². The summed E-state index contributed by atoms with van der Waals surface area (Å²) in [5, 5.41) is 1.11. The van der Waals surface area contributed by atoms with Crippen molar-refractivity contribution in [2.75, 3.05) is 0 Å². The van der Waals surface area contributed by atoms with Gasteiger partial charge < -0.3 is 4.98 Å². The Kier molecular flexibility index (Phi) is 1.38. The Morgan fingerprint density at radius 3 is 2.92 bits per heavy atom. The number of hydrogen-bond acceptors (Lipinski definition) is 0. The summed E-state index contributed by atoms with van der Waals surface area (Å²) in [4.78, 5) is 6.57. The second-order valence-corrected chi connectivity index (χ2v) is 2.84. The van der Waals surface area contributed by atoms with Gasteiger partial charge in [0, 0.05) is 11.2 Å². The Morgan fingerprint density at radius 2 is 2.17 bits per heavy atom. The van der Waals surface area contributed by atoms with Crippen LogP contribution in [0, 0.1) is 13.5 Å². The molecular weight excluding hydrogens is 148 g/mol. The fourth-order valence-corrected chi connectivity index (χ4v) is 1.33. The van der Waals surface area contributed by atoms with Crippen molar-refractivity contribution in [2.45, 2.75) is 6.92 Å². The van der Waals surface area contributed by atoms with E-state index in [1.807, 2.05) is 31.2 Å². The highest BCUT2D eigenvalue weighted by molar-refractivity contribution is 5.84. The lowest BCUT2D eigenvalue weighted by atomic mass is 10.2. The molecule has 0 radical (unpaired) electrons. The van der Waals surface area contributed by atoms with Crippen molar-refractivity contribution in [3.63, 3.8) is 0 Å². The maximum Gasteiger partial charge on any atom is 0.187 e. The Bertz CT molecular complexity index is 460. The van der Waals surface area contributed by atoms with Crippen LogP contribution in [0.25, 0.3) is 15.7 Å². The van der Waals surface area contributed by atoms with Crippen molar-refractivity contribution in [3.8, 4) is 0 Å². The van der Waals surface area contributed by atoms with Gasteiger partial charge in [0.25, 0.3) is 0 Å². The lowest BCUT2D eigenvalue weighted by Gasteiger charge is -1.88. The van der Waals surface area contributed by atoms with Gasteiger partial charge in [-0.05, 0) is 30.5 Å². The van der Waals surface area contributed by atoms with Crippen molar-refractivity contribution in [3.05, 3.63) is 41.4 Å². The van der Waals surface area contributed by atoms with Gasteiger partial charge in [0.1, 0.15) is 0 Å². The number of rotatable bonds is 0. The summed E-state index contributed by atoms with van der Waals surface area (Å²) in [7, 11) is 0. The first-order valence-corrected chi connectivity index (χ1v) is 3.76. The molecule has 2 heteroatoms. The lowest BCUT2D eigenvalue weighted by Crippen LogP contribution is -1.66. The van der Waals surface area contributed by atoms with Crippen LogP contribution in [0.1, 0.15) is 5.69 Å². The molecule has 0 atom stereocenters. The third kappa shape index (κ3) is 0.960. The summed E-state index contributed by atoms with van der Waals surface area (Å²) in [6, 6.07) is 7.71.